The maximum atomic E-state index is 5.00. The molecule has 2 aromatic rings. The second-order valence-corrected chi connectivity index (χ2v) is 4.70. The quantitative estimate of drug-likeness (QED) is 0.786. The van der Waals surface area contributed by atoms with Crippen LogP contribution in [0.5, 0.6) is 0 Å². The molecule has 0 amide bonds. The molecule has 20 heavy (non-hydrogen) atoms. The maximum absolute atomic E-state index is 5.00. The highest BCUT2D eigenvalue weighted by Crippen LogP contribution is 2.11. The minimum absolute atomic E-state index is 0.742. The van der Waals surface area contributed by atoms with Crippen LogP contribution in [-0.4, -0.2) is 36.6 Å². The van der Waals surface area contributed by atoms with Crippen LogP contribution < -0.4 is 5.32 Å². The zero-order chi connectivity index (χ0) is 14.2. The molecule has 0 unspecified atom stereocenters. The fraction of sp³-hybridized carbons (Fsp3) is 0.312. The van der Waals surface area contributed by atoms with E-state index in [-0.39, 0.29) is 0 Å². The summed E-state index contributed by atoms with van der Waals surface area (Å²) in [5.74, 6) is 0. The highest BCUT2D eigenvalue weighted by Gasteiger charge is 1.96. The van der Waals surface area contributed by atoms with Gasteiger partial charge in [-0.15, -0.1) is 0 Å². The molecule has 0 saturated carbocycles. The number of ether oxygens (including phenoxy) is 1. The highest BCUT2D eigenvalue weighted by molar-refractivity contribution is 5.54. The summed E-state index contributed by atoms with van der Waals surface area (Å²) in [5.41, 5.74) is 3.57. The van der Waals surface area contributed by atoms with Crippen LogP contribution in [0.3, 0.4) is 0 Å². The second-order valence-electron chi connectivity index (χ2n) is 4.70. The van der Waals surface area contributed by atoms with Gasteiger partial charge in [0.25, 0.3) is 0 Å². The third kappa shape index (κ3) is 4.33. The molecule has 0 fully saturated rings. The van der Waals surface area contributed by atoms with Crippen molar-refractivity contribution in [1.29, 1.82) is 0 Å². The number of rotatable bonds is 7. The van der Waals surface area contributed by atoms with Crippen LogP contribution in [0.1, 0.15) is 12.5 Å². The van der Waals surface area contributed by atoms with E-state index in [0.717, 1.165) is 25.4 Å². The molecule has 0 atom stereocenters. The smallest absolute Gasteiger partial charge is 0.0645 e. The first-order valence-electron chi connectivity index (χ1n) is 6.76. The van der Waals surface area contributed by atoms with Crippen LogP contribution in [-0.2, 0) is 4.74 Å². The van der Waals surface area contributed by atoms with Gasteiger partial charge in [0.1, 0.15) is 0 Å². The molecule has 0 aliphatic heterocycles. The number of benzene rings is 1. The summed E-state index contributed by atoms with van der Waals surface area (Å²) in [6, 6.07) is 10.3. The molecule has 1 aromatic carbocycles. The average molecular weight is 271 g/mol. The number of methoxy groups -OCH3 is 1. The third-order valence-corrected chi connectivity index (χ3v) is 2.96. The lowest BCUT2D eigenvalue weighted by Gasteiger charge is -2.05. The summed E-state index contributed by atoms with van der Waals surface area (Å²) in [4.78, 5) is 0. The molecule has 1 aromatic heterocycles. The van der Waals surface area contributed by atoms with Crippen LogP contribution in [0.4, 0.5) is 0 Å². The summed E-state index contributed by atoms with van der Waals surface area (Å²) in [7, 11) is 1.71. The van der Waals surface area contributed by atoms with Crippen molar-refractivity contribution in [2.75, 3.05) is 26.8 Å². The van der Waals surface area contributed by atoms with E-state index in [0.29, 0.717) is 0 Å². The van der Waals surface area contributed by atoms with E-state index in [2.05, 4.69) is 47.7 Å². The van der Waals surface area contributed by atoms with E-state index in [4.69, 9.17) is 4.74 Å². The minimum atomic E-state index is 0.742. The van der Waals surface area contributed by atoms with E-state index in [1.807, 2.05) is 16.9 Å². The van der Waals surface area contributed by atoms with Crippen molar-refractivity contribution >= 4 is 6.08 Å². The molecular formula is C16H21N3O. The zero-order valence-electron chi connectivity index (χ0n) is 12.0. The molecule has 4 nitrogen and oxygen atoms in total. The van der Waals surface area contributed by atoms with Gasteiger partial charge >= 0.3 is 0 Å². The van der Waals surface area contributed by atoms with Crippen molar-refractivity contribution in [1.82, 2.24) is 15.1 Å². The van der Waals surface area contributed by atoms with Gasteiger partial charge in [-0.1, -0.05) is 23.8 Å². The van der Waals surface area contributed by atoms with Crippen LogP contribution >= 0.6 is 0 Å². The Morgan fingerprint density at radius 1 is 1.35 bits per heavy atom. The standard InChI is InChI=1S/C16H21N3O/c1-14(13-17-9-11-20-2)12-15-4-6-16(7-5-15)19-10-3-8-18-19/h3-8,10,12,17H,9,11,13H2,1-2H3. The molecule has 0 saturated heterocycles. The molecule has 0 spiro atoms. The predicted octanol–water partition coefficient (Wildman–Crippen LogP) is 2.51. The van der Waals surface area contributed by atoms with Crippen molar-refractivity contribution in [3.63, 3.8) is 0 Å². The number of nitrogens with zero attached hydrogens (tertiary/aromatic N) is 2. The Bertz CT molecular complexity index is 529. The number of hydrogen-bond donors (Lipinski definition) is 1. The molecule has 1 heterocycles. The molecule has 0 aliphatic carbocycles. The number of nitrogens with one attached hydrogen (secondary N) is 1. The van der Waals surface area contributed by atoms with Crippen molar-refractivity contribution in [2.24, 2.45) is 0 Å². The lowest BCUT2D eigenvalue weighted by molar-refractivity contribution is 0.200. The Morgan fingerprint density at radius 2 is 2.15 bits per heavy atom. The van der Waals surface area contributed by atoms with Crippen LogP contribution in [0.2, 0.25) is 0 Å². The van der Waals surface area contributed by atoms with E-state index in [1.54, 1.807) is 13.3 Å². The van der Waals surface area contributed by atoms with Crippen LogP contribution in [0.15, 0.2) is 48.3 Å². The fourth-order valence-corrected chi connectivity index (χ4v) is 1.94. The maximum Gasteiger partial charge on any atom is 0.0645 e. The Labute approximate surface area is 120 Å². The Hall–Kier alpha value is -1.91. The van der Waals surface area contributed by atoms with Crippen LogP contribution in [0, 0.1) is 0 Å². The largest absolute Gasteiger partial charge is 0.383 e. The van der Waals surface area contributed by atoms with Gasteiger partial charge < -0.3 is 10.1 Å². The van der Waals surface area contributed by atoms with Crippen molar-refractivity contribution in [3.05, 3.63) is 53.9 Å². The zero-order valence-corrected chi connectivity index (χ0v) is 12.0. The monoisotopic (exact) mass is 271 g/mol. The van der Waals surface area contributed by atoms with E-state index >= 15 is 0 Å². The lowest BCUT2D eigenvalue weighted by Crippen LogP contribution is -2.20. The summed E-state index contributed by atoms with van der Waals surface area (Å²) >= 11 is 0. The first-order chi connectivity index (χ1) is 9.79. The van der Waals surface area contributed by atoms with Crippen molar-refractivity contribution in [3.8, 4) is 5.69 Å². The molecule has 1 N–H and O–H groups in total. The second kappa shape index (κ2) is 7.62. The van der Waals surface area contributed by atoms with Gasteiger partial charge in [-0.25, -0.2) is 4.68 Å². The predicted molar refractivity (Wildman–Crippen MR) is 82.0 cm³/mol. The third-order valence-electron chi connectivity index (χ3n) is 2.96. The van der Waals surface area contributed by atoms with Gasteiger partial charge in [0.2, 0.25) is 0 Å². The van der Waals surface area contributed by atoms with Gasteiger partial charge in [0.15, 0.2) is 0 Å². The molecule has 0 bridgehead atoms. The highest BCUT2D eigenvalue weighted by atomic mass is 16.5. The molecule has 4 heteroatoms. The normalized spacial score (nSPS) is 11.8. The summed E-state index contributed by atoms with van der Waals surface area (Å²) in [6.07, 6.45) is 5.91. The van der Waals surface area contributed by atoms with Gasteiger partial charge in [-0.05, 0) is 30.7 Å². The molecule has 0 aliphatic rings. The van der Waals surface area contributed by atoms with Crippen LogP contribution in [0.25, 0.3) is 11.8 Å². The Balaban J connectivity index is 1.92. The van der Waals surface area contributed by atoms with E-state index < -0.39 is 0 Å². The Kier molecular flexibility index (Phi) is 5.53. The minimum Gasteiger partial charge on any atom is -0.383 e. The SMILES string of the molecule is COCCNCC(C)=Cc1ccc(-n2cccn2)cc1. The molecular weight excluding hydrogens is 250 g/mol. The average Bonchev–Trinajstić information content (AvgIpc) is 2.99. The van der Waals surface area contributed by atoms with E-state index in [9.17, 15) is 0 Å². The summed E-state index contributed by atoms with van der Waals surface area (Å²) < 4.78 is 6.85. The Morgan fingerprint density at radius 3 is 2.80 bits per heavy atom. The molecule has 106 valence electrons. The molecule has 2 rings (SSSR count). The first-order valence-corrected chi connectivity index (χ1v) is 6.76. The van der Waals surface area contributed by atoms with Gasteiger partial charge in [0, 0.05) is 32.6 Å². The fourth-order valence-electron chi connectivity index (χ4n) is 1.94. The number of hydrogen-bond acceptors (Lipinski definition) is 3. The first kappa shape index (κ1) is 14.5. The van der Waals surface area contributed by atoms with Gasteiger partial charge in [-0.3, -0.25) is 0 Å². The topological polar surface area (TPSA) is 39.1 Å². The van der Waals surface area contributed by atoms with E-state index in [1.165, 1.54) is 11.1 Å². The lowest BCUT2D eigenvalue weighted by atomic mass is 10.1. The van der Waals surface area contributed by atoms with Gasteiger partial charge in [0.05, 0.1) is 12.3 Å². The number of aromatic nitrogens is 2. The van der Waals surface area contributed by atoms with Crippen molar-refractivity contribution < 1.29 is 4.74 Å². The van der Waals surface area contributed by atoms with Crippen molar-refractivity contribution in [2.45, 2.75) is 6.92 Å². The summed E-state index contributed by atoms with van der Waals surface area (Å²) in [6.45, 7) is 4.62. The van der Waals surface area contributed by atoms with Gasteiger partial charge in [-0.2, -0.15) is 5.10 Å². The molecule has 0 radical (unpaired) electrons. The summed E-state index contributed by atoms with van der Waals surface area (Å²) in [5, 5.41) is 7.55.